The predicted octanol–water partition coefficient (Wildman–Crippen LogP) is 10.3. The van der Waals surface area contributed by atoms with Crippen molar-refractivity contribution in [1.29, 1.82) is 0 Å². The van der Waals surface area contributed by atoms with Crippen LogP contribution in [0.2, 0.25) is 0 Å². The molecular weight excluding hydrogens is 586 g/mol. The van der Waals surface area contributed by atoms with E-state index in [0.29, 0.717) is 6.42 Å². The molecule has 45 heavy (non-hydrogen) atoms. The van der Waals surface area contributed by atoms with Gasteiger partial charge in [0.05, 0.1) is 18.8 Å². The van der Waals surface area contributed by atoms with E-state index in [-0.39, 0.29) is 5.91 Å². The Balaban J connectivity index is 4.24. The molecule has 8 heteroatoms. The number of nitrogens with zero attached hydrogens (tertiary/aromatic N) is 1. The number of aliphatic hydroxyl groups excluding tert-OH is 1. The molecule has 0 aromatic rings. The minimum Gasteiger partial charge on any atom is -0.387 e. The molecule has 0 radical (unpaired) electrons. The zero-order valence-electron chi connectivity index (χ0n) is 29.4. The highest BCUT2D eigenvalue weighted by Gasteiger charge is 2.27. The van der Waals surface area contributed by atoms with Gasteiger partial charge in [0.15, 0.2) is 0 Å². The first kappa shape index (κ1) is 43.8. The van der Waals surface area contributed by atoms with Crippen molar-refractivity contribution in [3.8, 4) is 0 Å². The van der Waals surface area contributed by atoms with Gasteiger partial charge in [-0.25, -0.2) is 4.18 Å². The van der Waals surface area contributed by atoms with Crippen molar-refractivity contribution in [1.82, 2.24) is 4.90 Å². The Morgan fingerprint density at radius 1 is 0.644 bits per heavy atom. The van der Waals surface area contributed by atoms with Gasteiger partial charge in [-0.2, -0.15) is 8.42 Å². The molecule has 0 spiro atoms. The first-order valence-corrected chi connectivity index (χ1v) is 20.0. The average molecular weight is 658 g/mol. The molecule has 0 aliphatic carbocycles. The lowest BCUT2D eigenvalue weighted by atomic mass is 10.0. The number of carbonyl (C=O) groups is 1. The number of carbonyl (C=O) groups excluding carboxylic acids is 1. The van der Waals surface area contributed by atoms with E-state index >= 15 is 0 Å². The summed E-state index contributed by atoms with van der Waals surface area (Å²) >= 11 is 0. The molecule has 2 unspecified atom stereocenters. The van der Waals surface area contributed by atoms with Crippen LogP contribution in [0.15, 0.2) is 24.3 Å². The first-order valence-electron chi connectivity index (χ1n) is 18.6. The van der Waals surface area contributed by atoms with Crippen LogP contribution in [0, 0.1) is 0 Å². The molecule has 0 rings (SSSR count). The molecule has 2 N–H and O–H groups in total. The van der Waals surface area contributed by atoms with Crippen molar-refractivity contribution in [3.63, 3.8) is 0 Å². The van der Waals surface area contributed by atoms with Crippen molar-refractivity contribution in [2.45, 2.75) is 193 Å². The van der Waals surface area contributed by atoms with Gasteiger partial charge in [0, 0.05) is 13.5 Å². The number of hydrogen-bond acceptors (Lipinski definition) is 5. The van der Waals surface area contributed by atoms with Crippen LogP contribution in [-0.4, -0.2) is 54.7 Å². The van der Waals surface area contributed by atoms with Crippen LogP contribution >= 0.6 is 0 Å². The summed E-state index contributed by atoms with van der Waals surface area (Å²) in [5.74, 6) is -0.172. The minimum absolute atomic E-state index is 0.172. The Morgan fingerprint density at radius 3 is 1.51 bits per heavy atom. The van der Waals surface area contributed by atoms with Crippen LogP contribution in [0.5, 0.6) is 0 Å². The number of aliphatic hydroxyl groups is 1. The van der Waals surface area contributed by atoms with E-state index in [0.717, 1.165) is 38.5 Å². The highest BCUT2D eigenvalue weighted by atomic mass is 32.3. The van der Waals surface area contributed by atoms with Gasteiger partial charge in [-0.05, 0) is 32.1 Å². The highest BCUT2D eigenvalue weighted by Crippen LogP contribution is 2.16. The molecule has 2 atom stereocenters. The number of rotatable bonds is 33. The summed E-state index contributed by atoms with van der Waals surface area (Å²) < 4.78 is 36.0. The van der Waals surface area contributed by atoms with Crippen molar-refractivity contribution in [2.24, 2.45) is 0 Å². The lowest BCUT2D eigenvalue weighted by Crippen LogP contribution is -2.47. The maximum atomic E-state index is 12.9. The fourth-order valence-electron chi connectivity index (χ4n) is 5.62. The van der Waals surface area contributed by atoms with Crippen LogP contribution in [0.4, 0.5) is 0 Å². The van der Waals surface area contributed by atoms with Gasteiger partial charge in [0.2, 0.25) is 5.91 Å². The minimum atomic E-state index is -4.69. The Hall–Kier alpha value is -1.22. The third kappa shape index (κ3) is 29.9. The fraction of sp³-hybridized carbons (Fsp3) is 0.865. The van der Waals surface area contributed by atoms with E-state index in [2.05, 4.69) is 30.2 Å². The van der Waals surface area contributed by atoms with Crippen LogP contribution in [0.1, 0.15) is 181 Å². The average Bonchev–Trinajstić information content (AvgIpc) is 3.00. The molecule has 0 saturated carbocycles. The van der Waals surface area contributed by atoms with Crippen LogP contribution in [-0.2, 0) is 19.4 Å². The Kier molecular flexibility index (Phi) is 30.5. The Labute approximate surface area is 278 Å². The van der Waals surface area contributed by atoms with Gasteiger partial charge in [-0.15, -0.1) is 0 Å². The summed E-state index contributed by atoms with van der Waals surface area (Å²) in [5, 5.41) is 10.8. The summed E-state index contributed by atoms with van der Waals surface area (Å²) in [6, 6.07) is -0.917. The molecule has 0 aromatic carbocycles. The summed E-state index contributed by atoms with van der Waals surface area (Å²) in [6.07, 6.45) is 37.5. The third-order valence-electron chi connectivity index (χ3n) is 8.64. The van der Waals surface area contributed by atoms with Gasteiger partial charge >= 0.3 is 10.4 Å². The van der Waals surface area contributed by atoms with Crippen LogP contribution < -0.4 is 0 Å². The molecule has 0 aliphatic rings. The van der Waals surface area contributed by atoms with E-state index in [1.165, 1.54) is 127 Å². The Morgan fingerprint density at radius 2 is 1.04 bits per heavy atom. The predicted molar refractivity (Wildman–Crippen MR) is 190 cm³/mol. The quantitative estimate of drug-likeness (QED) is 0.0413. The third-order valence-corrected chi connectivity index (χ3v) is 9.08. The van der Waals surface area contributed by atoms with E-state index in [1.54, 1.807) is 13.1 Å². The van der Waals surface area contributed by atoms with E-state index in [1.807, 2.05) is 6.08 Å². The normalized spacial score (nSPS) is 13.6. The number of unbranched alkanes of at least 4 members (excludes halogenated alkanes) is 22. The highest BCUT2D eigenvalue weighted by molar-refractivity contribution is 7.80. The number of allylic oxidation sites excluding steroid dienone is 3. The van der Waals surface area contributed by atoms with E-state index < -0.39 is 29.2 Å². The monoisotopic (exact) mass is 658 g/mol. The van der Waals surface area contributed by atoms with Gasteiger partial charge < -0.3 is 10.0 Å². The summed E-state index contributed by atoms with van der Waals surface area (Å²) in [7, 11) is -3.14. The molecule has 1 amide bonds. The number of hydrogen-bond donors (Lipinski definition) is 2. The maximum Gasteiger partial charge on any atom is 0.397 e. The van der Waals surface area contributed by atoms with Crippen molar-refractivity contribution < 1.29 is 27.1 Å². The standard InChI is InChI=1S/C37H71NO6S/c1-4-6-8-10-12-14-16-18-19-21-23-25-27-29-31-33-37(40)38(3)35(34-44-45(41,42)43)36(39)32-30-28-26-24-22-20-17-15-13-11-9-7-5-2/h22,24,30,32,35-36,39H,4-21,23,25-29,31,33-34H2,1-3H3,(H,41,42,43)/b24-22+,32-30+. The molecule has 0 saturated heterocycles. The van der Waals surface area contributed by atoms with Crippen molar-refractivity contribution in [2.75, 3.05) is 13.7 Å². The van der Waals surface area contributed by atoms with Gasteiger partial charge in [-0.3, -0.25) is 9.35 Å². The second kappa shape index (κ2) is 31.4. The summed E-state index contributed by atoms with van der Waals surface area (Å²) in [5.41, 5.74) is 0. The maximum absolute atomic E-state index is 12.9. The SMILES string of the molecule is CCCCCCCCC/C=C/CC/C=C/C(O)C(COS(=O)(=O)O)N(C)C(=O)CCCCCCCCCCCCCCCCC. The summed E-state index contributed by atoms with van der Waals surface area (Å²) in [6.45, 7) is 3.98. The molecule has 0 fully saturated rings. The van der Waals surface area contributed by atoms with Crippen molar-refractivity contribution in [3.05, 3.63) is 24.3 Å². The Bertz CT molecular complexity index is 829. The van der Waals surface area contributed by atoms with Crippen molar-refractivity contribution >= 4 is 16.3 Å². The van der Waals surface area contributed by atoms with Crippen LogP contribution in [0.25, 0.3) is 0 Å². The fourth-order valence-corrected chi connectivity index (χ4v) is 5.93. The van der Waals surface area contributed by atoms with Crippen LogP contribution in [0.3, 0.4) is 0 Å². The van der Waals surface area contributed by atoms with E-state index in [4.69, 9.17) is 4.55 Å². The molecule has 0 bridgehead atoms. The zero-order chi connectivity index (χ0) is 33.4. The molecule has 0 heterocycles. The van der Waals surface area contributed by atoms with E-state index in [9.17, 15) is 18.3 Å². The largest absolute Gasteiger partial charge is 0.397 e. The smallest absolute Gasteiger partial charge is 0.387 e. The molecule has 7 nitrogen and oxygen atoms in total. The van der Waals surface area contributed by atoms with Gasteiger partial charge in [0.1, 0.15) is 0 Å². The van der Waals surface area contributed by atoms with Gasteiger partial charge in [0.25, 0.3) is 0 Å². The molecular formula is C37H71NO6S. The first-order chi connectivity index (χ1) is 21.7. The lowest BCUT2D eigenvalue weighted by Gasteiger charge is -2.30. The molecule has 0 aromatic heterocycles. The molecule has 0 aliphatic heterocycles. The number of amides is 1. The second-order valence-corrected chi connectivity index (χ2v) is 14.0. The second-order valence-electron chi connectivity index (χ2n) is 12.9. The topological polar surface area (TPSA) is 104 Å². The van der Waals surface area contributed by atoms with Gasteiger partial charge in [-0.1, -0.05) is 167 Å². The lowest BCUT2D eigenvalue weighted by molar-refractivity contribution is -0.134. The summed E-state index contributed by atoms with van der Waals surface area (Å²) in [4.78, 5) is 14.2. The zero-order valence-corrected chi connectivity index (χ0v) is 30.3. The molecule has 266 valence electrons. The number of likely N-dealkylation sites (N-methyl/N-ethyl adjacent to an activating group) is 1.